The molecule has 6 heteroatoms. The molecule has 0 aliphatic heterocycles. The number of hydrogen-bond donors (Lipinski definition) is 2. The number of nitrogens with one attached hydrogen (secondary N) is 1. The van der Waals surface area contributed by atoms with Crippen molar-refractivity contribution in [1.82, 2.24) is 14.8 Å². The molecular weight excluding hydrogens is 376 g/mol. The van der Waals surface area contributed by atoms with Crippen molar-refractivity contribution in [3.05, 3.63) is 94.4 Å². The van der Waals surface area contributed by atoms with Gasteiger partial charge in [-0.25, -0.2) is 4.57 Å². The Morgan fingerprint density at radius 2 is 1.80 bits per heavy atom. The van der Waals surface area contributed by atoms with Crippen molar-refractivity contribution in [2.45, 2.75) is 6.92 Å². The second kappa shape index (κ2) is 7.00. The summed E-state index contributed by atoms with van der Waals surface area (Å²) in [6.45, 7) is 1.97. The maximum atomic E-state index is 13.1. The predicted molar refractivity (Wildman–Crippen MR) is 119 cm³/mol. The lowest BCUT2D eigenvalue weighted by Crippen LogP contribution is -2.20. The summed E-state index contributed by atoms with van der Waals surface area (Å²) in [5.41, 5.74) is 3.53. The van der Waals surface area contributed by atoms with E-state index in [2.05, 4.69) is 15.2 Å². The van der Waals surface area contributed by atoms with Gasteiger partial charge in [0, 0.05) is 22.4 Å². The lowest BCUT2D eigenvalue weighted by molar-refractivity contribution is 0.436. The number of rotatable bonds is 3. The number of hydrogen-bond acceptors (Lipinski definition) is 4. The van der Waals surface area contributed by atoms with Crippen LogP contribution in [0.1, 0.15) is 11.1 Å². The molecule has 0 amide bonds. The number of aromatic hydroxyl groups is 1. The molecule has 0 bridgehead atoms. The Morgan fingerprint density at radius 3 is 2.60 bits per heavy atom. The number of benzene rings is 3. The minimum atomic E-state index is -0.274. The zero-order chi connectivity index (χ0) is 20.7. The van der Waals surface area contributed by atoms with Crippen LogP contribution >= 0.6 is 0 Å². The Bertz CT molecular complexity index is 1480. The standard InChI is InChI=1S/C24H18N4O2/c1-15-6-9-18(10-7-15)28-23(29)20-5-3-2-4-19(20)21(24(28)30)14-25-17-8-11-22-16(12-17)13-26-27-22/h2-14,30H,1H3,(H,26,27). The monoisotopic (exact) mass is 394 g/mol. The van der Waals surface area contributed by atoms with E-state index >= 15 is 0 Å². The molecule has 2 heterocycles. The molecule has 30 heavy (non-hydrogen) atoms. The van der Waals surface area contributed by atoms with Crippen molar-refractivity contribution >= 4 is 33.6 Å². The number of aromatic nitrogens is 3. The summed E-state index contributed by atoms with van der Waals surface area (Å²) in [4.78, 5) is 17.7. The van der Waals surface area contributed by atoms with E-state index in [4.69, 9.17) is 0 Å². The number of aryl methyl sites for hydroxylation is 1. The molecule has 0 aliphatic carbocycles. The maximum Gasteiger partial charge on any atom is 0.265 e. The van der Waals surface area contributed by atoms with Gasteiger partial charge < -0.3 is 5.11 Å². The van der Waals surface area contributed by atoms with E-state index in [0.717, 1.165) is 22.2 Å². The van der Waals surface area contributed by atoms with Crippen molar-refractivity contribution in [3.63, 3.8) is 0 Å². The van der Waals surface area contributed by atoms with E-state index in [0.29, 0.717) is 22.0 Å². The minimum absolute atomic E-state index is 0.143. The van der Waals surface area contributed by atoms with E-state index in [1.807, 2.05) is 67.6 Å². The van der Waals surface area contributed by atoms with Crippen LogP contribution in [0, 0.1) is 6.92 Å². The average molecular weight is 394 g/mol. The number of H-pyrrole nitrogens is 1. The van der Waals surface area contributed by atoms with Crippen molar-refractivity contribution < 1.29 is 5.11 Å². The van der Waals surface area contributed by atoms with Gasteiger partial charge in [-0.3, -0.25) is 14.9 Å². The van der Waals surface area contributed by atoms with Crippen LogP contribution in [0.4, 0.5) is 5.69 Å². The van der Waals surface area contributed by atoms with Crippen LogP contribution in [0.5, 0.6) is 5.88 Å². The SMILES string of the molecule is Cc1ccc(-n2c(O)c(C=Nc3ccc4[nH]ncc4c3)c3ccccc3c2=O)cc1. The Labute approximate surface area is 171 Å². The fraction of sp³-hybridized carbons (Fsp3) is 0.0417. The van der Waals surface area contributed by atoms with E-state index in [9.17, 15) is 9.90 Å². The Balaban J connectivity index is 1.72. The fourth-order valence-corrected chi connectivity index (χ4v) is 3.57. The summed E-state index contributed by atoms with van der Waals surface area (Å²) < 4.78 is 1.32. The summed E-state index contributed by atoms with van der Waals surface area (Å²) in [5, 5.41) is 20.1. The zero-order valence-corrected chi connectivity index (χ0v) is 16.2. The highest BCUT2D eigenvalue weighted by atomic mass is 16.3. The third-order valence-electron chi connectivity index (χ3n) is 5.16. The normalized spacial score (nSPS) is 11.6. The van der Waals surface area contributed by atoms with Crippen LogP contribution in [-0.4, -0.2) is 26.1 Å². The third-order valence-corrected chi connectivity index (χ3v) is 5.16. The molecule has 0 spiro atoms. The first kappa shape index (κ1) is 17.9. The van der Waals surface area contributed by atoms with Crippen molar-refractivity contribution in [3.8, 4) is 11.6 Å². The molecule has 2 aromatic heterocycles. The number of fused-ring (bicyclic) bond motifs is 2. The molecule has 0 aliphatic rings. The molecule has 146 valence electrons. The molecule has 0 fully saturated rings. The molecule has 0 unspecified atom stereocenters. The lowest BCUT2D eigenvalue weighted by atomic mass is 10.1. The van der Waals surface area contributed by atoms with Gasteiger partial charge in [0.1, 0.15) is 0 Å². The number of aromatic amines is 1. The smallest absolute Gasteiger partial charge is 0.265 e. The van der Waals surface area contributed by atoms with Gasteiger partial charge in [0.2, 0.25) is 5.88 Å². The molecule has 5 aromatic rings. The van der Waals surface area contributed by atoms with Crippen molar-refractivity contribution in [2.75, 3.05) is 0 Å². The predicted octanol–water partition coefficient (Wildman–Crippen LogP) is 4.63. The topological polar surface area (TPSA) is 83.3 Å². The van der Waals surface area contributed by atoms with Gasteiger partial charge >= 0.3 is 0 Å². The second-order valence-corrected chi connectivity index (χ2v) is 7.16. The molecule has 0 atom stereocenters. The molecule has 6 nitrogen and oxygen atoms in total. The molecule has 0 saturated heterocycles. The molecule has 2 N–H and O–H groups in total. The van der Waals surface area contributed by atoms with Crippen LogP contribution < -0.4 is 5.56 Å². The van der Waals surface area contributed by atoms with E-state index < -0.39 is 0 Å². The van der Waals surface area contributed by atoms with Gasteiger partial charge in [-0.1, -0.05) is 35.9 Å². The fourth-order valence-electron chi connectivity index (χ4n) is 3.57. The summed E-state index contributed by atoms with van der Waals surface area (Å²) >= 11 is 0. The van der Waals surface area contributed by atoms with Gasteiger partial charge in [-0.15, -0.1) is 0 Å². The molecule has 5 rings (SSSR count). The third kappa shape index (κ3) is 2.95. The first-order chi connectivity index (χ1) is 14.6. The van der Waals surface area contributed by atoms with Gasteiger partial charge in [-0.2, -0.15) is 5.10 Å². The Morgan fingerprint density at radius 1 is 1.03 bits per heavy atom. The quantitative estimate of drug-likeness (QED) is 0.438. The van der Waals surface area contributed by atoms with Gasteiger partial charge in [-0.05, 0) is 43.3 Å². The van der Waals surface area contributed by atoms with Crippen LogP contribution in [0.3, 0.4) is 0 Å². The Hall–Kier alpha value is -4.19. The summed E-state index contributed by atoms with van der Waals surface area (Å²) in [6, 6.07) is 20.4. The molecule has 3 aromatic carbocycles. The van der Waals surface area contributed by atoms with E-state index in [-0.39, 0.29) is 11.4 Å². The summed E-state index contributed by atoms with van der Waals surface area (Å²) in [7, 11) is 0. The summed E-state index contributed by atoms with van der Waals surface area (Å²) in [6.07, 6.45) is 3.34. The van der Waals surface area contributed by atoms with Crippen LogP contribution in [-0.2, 0) is 0 Å². The summed E-state index contributed by atoms with van der Waals surface area (Å²) in [5.74, 6) is -0.143. The number of nitrogens with zero attached hydrogens (tertiary/aromatic N) is 3. The van der Waals surface area contributed by atoms with Crippen molar-refractivity contribution in [1.29, 1.82) is 0 Å². The highest BCUT2D eigenvalue weighted by molar-refractivity contribution is 6.02. The largest absolute Gasteiger partial charge is 0.494 e. The van der Waals surface area contributed by atoms with Crippen LogP contribution in [0.25, 0.3) is 27.4 Å². The van der Waals surface area contributed by atoms with Gasteiger partial charge in [0.15, 0.2) is 0 Å². The number of pyridine rings is 1. The first-order valence-corrected chi connectivity index (χ1v) is 9.53. The van der Waals surface area contributed by atoms with Gasteiger partial charge in [0.25, 0.3) is 5.56 Å². The Kier molecular flexibility index (Phi) is 4.17. The maximum absolute atomic E-state index is 13.1. The number of aliphatic imine (C=N–C) groups is 1. The first-order valence-electron chi connectivity index (χ1n) is 9.53. The average Bonchev–Trinajstić information content (AvgIpc) is 3.23. The zero-order valence-electron chi connectivity index (χ0n) is 16.2. The van der Waals surface area contributed by atoms with Crippen LogP contribution in [0.15, 0.2) is 82.7 Å². The highest BCUT2D eigenvalue weighted by Gasteiger charge is 2.16. The second-order valence-electron chi connectivity index (χ2n) is 7.16. The lowest BCUT2D eigenvalue weighted by Gasteiger charge is -2.14. The van der Waals surface area contributed by atoms with Crippen molar-refractivity contribution in [2.24, 2.45) is 4.99 Å². The van der Waals surface area contributed by atoms with E-state index in [1.54, 1.807) is 18.5 Å². The molecule has 0 saturated carbocycles. The van der Waals surface area contributed by atoms with Crippen LogP contribution in [0.2, 0.25) is 0 Å². The molecule has 0 radical (unpaired) electrons. The molecular formula is C24H18N4O2. The minimum Gasteiger partial charge on any atom is -0.494 e. The van der Waals surface area contributed by atoms with E-state index in [1.165, 1.54) is 4.57 Å². The van der Waals surface area contributed by atoms with Gasteiger partial charge in [0.05, 0.1) is 28.7 Å². The highest BCUT2D eigenvalue weighted by Crippen LogP contribution is 2.27.